The third-order valence-corrected chi connectivity index (χ3v) is 5.31. The fourth-order valence-corrected chi connectivity index (χ4v) is 3.12. The van der Waals surface area contributed by atoms with Gasteiger partial charge in [-0.2, -0.15) is 4.31 Å². The Hall–Kier alpha value is -2.12. The van der Waals surface area contributed by atoms with Crippen molar-refractivity contribution in [2.24, 2.45) is 0 Å². The molecule has 0 saturated heterocycles. The molecule has 1 amide bonds. The first-order chi connectivity index (χ1) is 10.3. The maximum Gasteiger partial charge on any atom is 0.291 e. The lowest BCUT2D eigenvalue weighted by Gasteiger charge is -2.21. The van der Waals surface area contributed by atoms with Crippen LogP contribution < -0.4 is 5.32 Å². The number of benzene rings is 1. The Labute approximate surface area is 129 Å². The third-order valence-electron chi connectivity index (χ3n) is 3.26. The Bertz CT molecular complexity index is 734. The number of carbonyl (C=O) groups is 1. The van der Waals surface area contributed by atoms with Gasteiger partial charge in [0.25, 0.3) is 5.91 Å². The van der Waals surface area contributed by atoms with Crippen LogP contribution in [-0.2, 0) is 10.0 Å². The average Bonchev–Trinajstić information content (AvgIpc) is 3.01. The molecule has 0 fully saturated rings. The van der Waals surface area contributed by atoms with Crippen molar-refractivity contribution in [3.05, 3.63) is 48.4 Å². The van der Waals surface area contributed by atoms with Crippen molar-refractivity contribution in [2.75, 3.05) is 12.4 Å². The molecule has 0 aliphatic heterocycles. The van der Waals surface area contributed by atoms with Gasteiger partial charge < -0.3 is 9.73 Å². The van der Waals surface area contributed by atoms with E-state index < -0.39 is 10.0 Å². The minimum atomic E-state index is -3.52. The van der Waals surface area contributed by atoms with Crippen LogP contribution in [0.4, 0.5) is 5.69 Å². The number of furan rings is 1. The Balaban J connectivity index is 2.16. The van der Waals surface area contributed by atoms with E-state index in [0.29, 0.717) is 5.69 Å². The lowest BCUT2D eigenvalue weighted by Crippen LogP contribution is -2.33. The zero-order valence-corrected chi connectivity index (χ0v) is 13.4. The van der Waals surface area contributed by atoms with Gasteiger partial charge in [-0.15, -0.1) is 0 Å². The molecule has 1 aromatic carbocycles. The van der Waals surface area contributed by atoms with Crippen LogP contribution in [0.3, 0.4) is 0 Å². The van der Waals surface area contributed by atoms with Gasteiger partial charge in [0.15, 0.2) is 5.76 Å². The summed E-state index contributed by atoms with van der Waals surface area (Å²) in [5.74, 6) is -0.198. The largest absolute Gasteiger partial charge is 0.459 e. The van der Waals surface area contributed by atoms with Crippen molar-refractivity contribution < 1.29 is 17.6 Å². The molecular weight excluding hydrogens is 304 g/mol. The maximum atomic E-state index is 12.3. The van der Waals surface area contributed by atoms with Crippen LogP contribution in [0.15, 0.2) is 52.0 Å². The highest BCUT2D eigenvalue weighted by Crippen LogP contribution is 2.19. The van der Waals surface area contributed by atoms with E-state index in [4.69, 9.17) is 4.42 Å². The smallest absolute Gasteiger partial charge is 0.291 e. The Morgan fingerprint density at radius 1 is 1.18 bits per heavy atom. The van der Waals surface area contributed by atoms with E-state index in [-0.39, 0.29) is 22.6 Å². The lowest BCUT2D eigenvalue weighted by atomic mass is 10.3. The molecule has 7 heteroatoms. The van der Waals surface area contributed by atoms with Crippen molar-refractivity contribution in [1.82, 2.24) is 4.31 Å². The number of carbonyl (C=O) groups excluding carboxylic acids is 1. The lowest BCUT2D eigenvalue weighted by molar-refractivity contribution is 0.0996. The molecule has 22 heavy (non-hydrogen) atoms. The topological polar surface area (TPSA) is 79.6 Å². The minimum Gasteiger partial charge on any atom is -0.459 e. The highest BCUT2D eigenvalue weighted by Gasteiger charge is 2.22. The first-order valence-corrected chi connectivity index (χ1v) is 8.19. The van der Waals surface area contributed by atoms with Crippen molar-refractivity contribution >= 4 is 21.6 Å². The van der Waals surface area contributed by atoms with Crippen molar-refractivity contribution in [3.63, 3.8) is 0 Å². The molecule has 2 aromatic rings. The first kappa shape index (κ1) is 16.3. The number of rotatable bonds is 5. The molecule has 0 aliphatic rings. The van der Waals surface area contributed by atoms with E-state index in [2.05, 4.69) is 5.32 Å². The summed E-state index contributed by atoms with van der Waals surface area (Å²) in [7, 11) is -1.99. The molecule has 1 heterocycles. The van der Waals surface area contributed by atoms with E-state index in [1.54, 1.807) is 38.1 Å². The number of sulfonamides is 1. The van der Waals surface area contributed by atoms with Crippen molar-refractivity contribution in [1.29, 1.82) is 0 Å². The molecule has 6 nitrogen and oxygen atoms in total. The number of amides is 1. The van der Waals surface area contributed by atoms with E-state index in [0.717, 1.165) is 0 Å². The number of hydrogen-bond acceptors (Lipinski definition) is 4. The fraction of sp³-hybridized carbons (Fsp3) is 0.267. The third kappa shape index (κ3) is 3.37. The summed E-state index contributed by atoms with van der Waals surface area (Å²) < 4.78 is 30.9. The molecule has 0 saturated carbocycles. The van der Waals surface area contributed by atoms with Gasteiger partial charge in [0, 0.05) is 18.8 Å². The number of nitrogens with one attached hydrogen (secondary N) is 1. The predicted octanol–water partition coefficient (Wildman–Crippen LogP) is 2.56. The van der Waals surface area contributed by atoms with Crippen molar-refractivity contribution in [2.45, 2.75) is 24.8 Å². The van der Waals surface area contributed by atoms with Crippen LogP contribution in [-0.4, -0.2) is 31.7 Å². The number of nitrogens with zero attached hydrogens (tertiary/aromatic N) is 1. The standard InChI is InChI=1S/C15H18N2O4S/c1-11(2)17(3)22(19,20)13-8-6-12(7-9-13)16-15(18)14-5-4-10-21-14/h4-11H,1-3H3,(H,16,18). The second-order valence-corrected chi connectivity index (χ2v) is 7.07. The summed E-state index contributed by atoms with van der Waals surface area (Å²) in [5, 5.41) is 2.63. The molecule has 0 bridgehead atoms. The molecule has 0 aliphatic carbocycles. The van der Waals surface area contributed by atoms with Gasteiger partial charge in [0.1, 0.15) is 0 Å². The first-order valence-electron chi connectivity index (χ1n) is 6.75. The second-order valence-electron chi connectivity index (χ2n) is 5.07. The summed E-state index contributed by atoms with van der Waals surface area (Å²) in [6.45, 7) is 3.60. The Morgan fingerprint density at radius 2 is 1.82 bits per heavy atom. The zero-order chi connectivity index (χ0) is 16.3. The fourth-order valence-electron chi connectivity index (χ4n) is 1.75. The van der Waals surface area contributed by atoms with Gasteiger partial charge in [-0.1, -0.05) is 0 Å². The second kappa shape index (κ2) is 6.33. The summed E-state index contributed by atoms with van der Waals surface area (Å²) in [4.78, 5) is 12.0. The van der Waals surface area contributed by atoms with Crippen molar-refractivity contribution in [3.8, 4) is 0 Å². The molecule has 0 atom stereocenters. The summed E-state index contributed by atoms with van der Waals surface area (Å²) in [6, 6.07) is 9.04. The van der Waals surface area contributed by atoms with Gasteiger partial charge >= 0.3 is 0 Å². The van der Waals surface area contributed by atoms with Gasteiger partial charge in [-0.05, 0) is 50.2 Å². The summed E-state index contributed by atoms with van der Waals surface area (Å²) in [5.41, 5.74) is 0.493. The molecule has 1 N–H and O–H groups in total. The van der Waals surface area contributed by atoms with Crippen LogP contribution in [0.5, 0.6) is 0 Å². The van der Waals surface area contributed by atoms with E-state index in [9.17, 15) is 13.2 Å². The maximum absolute atomic E-state index is 12.3. The van der Waals surface area contributed by atoms with Crippen LogP contribution >= 0.6 is 0 Å². The molecule has 118 valence electrons. The molecular formula is C15H18N2O4S. The highest BCUT2D eigenvalue weighted by molar-refractivity contribution is 7.89. The van der Waals surface area contributed by atoms with E-state index in [1.807, 2.05) is 0 Å². The van der Waals surface area contributed by atoms with Gasteiger partial charge in [-0.3, -0.25) is 4.79 Å². The molecule has 0 spiro atoms. The molecule has 2 rings (SSSR count). The molecule has 1 aromatic heterocycles. The van der Waals surface area contributed by atoms with Crippen LogP contribution in [0.1, 0.15) is 24.4 Å². The average molecular weight is 322 g/mol. The monoisotopic (exact) mass is 322 g/mol. The minimum absolute atomic E-state index is 0.136. The van der Waals surface area contributed by atoms with Crippen LogP contribution in [0, 0.1) is 0 Å². The Morgan fingerprint density at radius 3 is 2.32 bits per heavy atom. The van der Waals surface area contributed by atoms with E-state index >= 15 is 0 Å². The number of anilines is 1. The molecule has 0 unspecified atom stereocenters. The van der Waals surface area contributed by atoms with Gasteiger partial charge in [0.05, 0.1) is 11.2 Å². The molecule has 0 radical (unpaired) electrons. The quantitative estimate of drug-likeness (QED) is 0.917. The summed E-state index contributed by atoms with van der Waals surface area (Å²) >= 11 is 0. The predicted molar refractivity (Wildman–Crippen MR) is 83.2 cm³/mol. The zero-order valence-electron chi connectivity index (χ0n) is 12.6. The SMILES string of the molecule is CC(C)N(C)S(=O)(=O)c1ccc(NC(=O)c2ccco2)cc1. The van der Waals surface area contributed by atoms with Crippen LogP contribution in [0.25, 0.3) is 0 Å². The number of hydrogen-bond donors (Lipinski definition) is 1. The normalized spacial score (nSPS) is 11.9. The van der Waals surface area contributed by atoms with Gasteiger partial charge in [0.2, 0.25) is 10.0 Å². The van der Waals surface area contributed by atoms with Crippen LogP contribution in [0.2, 0.25) is 0 Å². The summed E-state index contributed by atoms with van der Waals surface area (Å²) in [6.07, 6.45) is 1.41. The van der Waals surface area contributed by atoms with E-state index in [1.165, 1.54) is 29.7 Å². The highest BCUT2D eigenvalue weighted by atomic mass is 32.2. The van der Waals surface area contributed by atoms with Gasteiger partial charge in [-0.25, -0.2) is 8.42 Å². The Kier molecular flexibility index (Phi) is 4.68.